The molecular formula is C20H23N3O4. The van der Waals surface area contributed by atoms with Crippen LogP contribution < -0.4 is 14.8 Å². The van der Waals surface area contributed by atoms with Gasteiger partial charge in [-0.2, -0.15) is 0 Å². The van der Waals surface area contributed by atoms with Crippen molar-refractivity contribution in [3.05, 3.63) is 53.9 Å². The molecule has 1 aromatic heterocycles. The second-order valence-electron chi connectivity index (χ2n) is 6.57. The molecule has 1 saturated heterocycles. The highest BCUT2D eigenvalue weighted by atomic mass is 16.7. The fourth-order valence-electron chi connectivity index (χ4n) is 3.42. The molecule has 2 aliphatic rings. The van der Waals surface area contributed by atoms with Gasteiger partial charge in [0.2, 0.25) is 12.7 Å². The van der Waals surface area contributed by atoms with Gasteiger partial charge in [-0.15, -0.1) is 0 Å². The van der Waals surface area contributed by atoms with Crippen molar-refractivity contribution in [3.63, 3.8) is 0 Å². The SMILES string of the molecule is O=C(NCCc1ccc2c(c1)OCO2)C(c1cccnc1)N1CCOCC1. The van der Waals surface area contributed by atoms with E-state index >= 15 is 0 Å². The first kappa shape index (κ1) is 17.8. The number of hydrogen-bond acceptors (Lipinski definition) is 6. The van der Waals surface area contributed by atoms with Crippen LogP contribution in [-0.2, 0) is 16.0 Å². The molecule has 0 aliphatic carbocycles. The molecule has 2 aliphatic heterocycles. The fourth-order valence-corrected chi connectivity index (χ4v) is 3.42. The van der Waals surface area contributed by atoms with Crippen LogP contribution in [0.4, 0.5) is 0 Å². The molecule has 27 heavy (non-hydrogen) atoms. The Labute approximate surface area is 158 Å². The maximum atomic E-state index is 13.0. The summed E-state index contributed by atoms with van der Waals surface area (Å²) in [5.74, 6) is 1.53. The number of ether oxygens (including phenoxy) is 3. The number of morpholine rings is 1. The number of nitrogens with zero attached hydrogens (tertiary/aromatic N) is 2. The maximum Gasteiger partial charge on any atom is 0.242 e. The van der Waals surface area contributed by atoms with E-state index in [0.29, 0.717) is 19.8 Å². The van der Waals surface area contributed by atoms with Crippen molar-refractivity contribution >= 4 is 5.91 Å². The molecule has 0 bridgehead atoms. The van der Waals surface area contributed by atoms with Crippen LogP contribution in [0.1, 0.15) is 17.2 Å². The summed E-state index contributed by atoms with van der Waals surface area (Å²) in [5, 5.41) is 3.07. The standard InChI is InChI=1S/C20H23N3O4/c24-20(22-7-5-15-3-4-17-18(12-15)27-14-26-17)19(16-2-1-6-21-13-16)23-8-10-25-11-9-23/h1-4,6,12-13,19H,5,7-11,14H2,(H,22,24). The number of carbonyl (C=O) groups excluding carboxylic acids is 1. The Bertz CT molecular complexity index is 778. The van der Waals surface area contributed by atoms with Crippen LogP contribution in [0.3, 0.4) is 0 Å². The van der Waals surface area contributed by atoms with Crippen molar-refractivity contribution in [2.75, 3.05) is 39.6 Å². The highest BCUT2D eigenvalue weighted by Crippen LogP contribution is 2.32. The van der Waals surface area contributed by atoms with Gasteiger partial charge in [-0.1, -0.05) is 12.1 Å². The summed E-state index contributed by atoms with van der Waals surface area (Å²) < 4.78 is 16.2. The van der Waals surface area contributed by atoms with E-state index in [1.54, 1.807) is 12.4 Å². The molecule has 1 fully saturated rings. The predicted octanol–water partition coefficient (Wildman–Crippen LogP) is 1.54. The minimum Gasteiger partial charge on any atom is -0.454 e. The Morgan fingerprint density at radius 2 is 2.04 bits per heavy atom. The summed E-state index contributed by atoms with van der Waals surface area (Å²) in [6.45, 7) is 3.56. The highest BCUT2D eigenvalue weighted by molar-refractivity contribution is 5.83. The minimum absolute atomic E-state index is 0.00866. The van der Waals surface area contributed by atoms with Crippen molar-refractivity contribution in [1.29, 1.82) is 0 Å². The van der Waals surface area contributed by atoms with Gasteiger partial charge in [0.25, 0.3) is 0 Å². The Hall–Kier alpha value is -2.64. The zero-order valence-electron chi connectivity index (χ0n) is 15.1. The van der Waals surface area contributed by atoms with E-state index in [1.165, 1.54) is 0 Å². The predicted molar refractivity (Wildman–Crippen MR) is 98.6 cm³/mol. The number of fused-ring (bicyclic) bond motifs is 1. The van der Waals surface area contributed by atoms with Crippen LogP contribution in [0.25, 0.3) is 0 Å². The lowest BCUT2D eigenvalue weighted by atomic mass is 10.1. The van der Waals surface area contributed by atoms with E-state index in [4.69, 9.17) is 14.2 Å². The molecule has 1 aromatic carbocycles. The number of pyridine rings is 1. The van der Waals surface area contributed by atoms with E-state index in [1.807, 2.05) is 30.3 Å². The largest absolute Gasteiger partial charge is 0.454 e. The molecule has 1 N–H and O–H groups in total. The van der Waals surface area contributed by atoms with Gasteiger partial charge >= 0.3 is 0 Å². The summed E-state index contributed by atoms with van der Waals surface area (Å²) in [4.78, 5) is 19.3. The lowest BCUT2D eigenvalue weighted by molar-refractivity contribution is -0.128. The summed E-state index contributed by atoms with van der Waals surface area (Å²) in [7, 11) is 0. The summed E-state index contributed by atoms with van der Waals surface area (Å²) in [5.41, 5.74) is 2.00. The molecule has 142 valence electrons. The van der Waals surface area contributed by atoms with Gasteiger partial charge in [0.05, 0.1) is 13.2 Å². The zero-order chi connectivity index (χ0) is 18.5. The van der Waals surface area contributed by atoms with Gasteiger partial charge in [0.15, 0.2) is 11.5 Å². The fraction of sp³-hybridized carbons (Fsp3) is 0.400. The highest BCUT2D eigenvalue weighted by Gasteiger charge is 2.29. The average molecular weight is 369 g/mol. The topological polar surface area (TPSA) is 72.9 Å². The molecule has 7 heteroatoms. The number of rotatable bonds is 6. The van der Waals surface area contributed by atoms with E-state index in [2.05, 4.69) is 15.2 Å². The molecule has 2 aromatic rings. The van der Waals surface area contributed by atoms with Crippen molar-refractivity contribution in [1.82, 2.24) is 15.2 Å². The van der Waals surface area contributed by atoms with Crippen LogP contribution in [0.2, 0.25) is 0 Å². The number of benzene rings is 1. The number of aromatic nitrogens is 1. The zero-order valence-corrected chi connectivity index (χ0v) is 15.1. The minimum atomic E-state index is -0.348. The number of carbonyl (C=O) groups is 1. The molecule has 3 heterocycles. The molecule has 7 nitrogen and oxygen atoms in total. The molecular weight excluding hydrogens is 346 g/mol. The summed E-state index contributed by atoms with van der Waals surface area (Å²) in [6.07, 6.45) is 4.21. The van der Waals surface area contributed by atoms with E-state index in [-0.39, 0.29) is 18.7 Å². The first-order valence-electron chi connectivity index (χ1n) is 9.19. The molecule has 1 unspecified atom stereocenters. The van der Waals surface area contributed by atoms with Gasteiger partial charge in [0.1, 0.15) is 6.04 Å². The van der Waals surface area contributed by atoms with Crippen molar-refractivity contribution in [2.24, 2.45) is 0 Å². The molecule has 0 saturated carbocycles. The molecule has 1 amide bonds. The van der Waals surface area contributed by atoms with Gasteiger partial charge in [-0.3, -0.25) is 14.7 Å². The molecule has 1 atom stereocenters. The second kappa shape index (κ2) is 8.37. The summed E-state index contributed by atoms with van der Waals surface area (Å²) >= 11 is 0. The average Bonchev–Trinajstić information content (AvgIpc) is 3.18. The molecule has 0 spiro atoms. The quantitative estimate of drug-likeness (QED) is 0.833. The van der Waals surface area contributed by atoms with Gasteiger partial charge < -0.3 is 19.5 Å². The number of nitrogens with one attached hydrogen (secondary N) is 1. The Morgan fingerprint density at radius 1 is 1.19 bits per heavy atom. The van der Waals surface area contributed by atoms with Crippen LogP contribution >= 0.6 is 0 Å². The number of hydrogen-bond donors (Lipinski definition) is 1. The van der Waals surface area contributed by atoms with Crippen LogP contribution in [0.5, 0.6) is 11.5 Å². The van der Waals surface area contributed by atoms with Crippen molar-refractivity contribution in [2.45, 2.75) is 12.5 Å². The van der Waals surface area contributed by atoms with Crippen LogP contribution in [-0.4, -0.2) is 55.4 Å². The lowest BCUT2D eigenvalue weighted by Crippen LogP contribution is -2.46. The smallest absolute Gasteiger partial charge is 0.242 e. The third kappa shape index (κ3) is 4.20. The Morgan fingerprint density at radius 3 is 2.85 bits per heavy atom. The first-order valence-corrected chi connectivity index (χ1v) is 9.19. The Balaban J connectivity index is 1.39. The lowest BCUT2D eigenvalue weighted by Gasteiger charge is -2.33. The van der Waals surface area contributed by atoms with Crippen LogP contribution in [0.15, 0.2) is 42.7 Å². The van der Waals surface area contributed by atoms with Gasteiger partial charge in [0, 0.05) is 32.0 Å². The van der Waals surface area contributed by atoms with Gasteiger partial charge in [-0.25, -0.2) is 0 Å². The first-order chi connectivity index (χ1) is 13.3. The third-order valence-electron chi connectivity index (χ3n) is 4.81. The van der Waals surface area contributed by atoms with E-state index in [0.717, 1.165) is 42.1 Å². The Kier molecular flexibility index (Phi) is 5.50. The maximum absolute atomic E-state index is 13.0. The monoisotopic (exact) mass is 369 g/mol. The van der Waals surface area contributed by atoms with Crippen LogP contribution in [0, 0.1) is 0 Å². The van der Waals surface area contributed by atoms with E-state index in [9.17, 15) is 4.79 Å². The summed E-state index contributed by atoms with van der Waals surface area (Å²) in [6, 6.07) is 9.34. The number of amides is 1. The molecule has 0 radical (unpaired) electrons. The van der Waals surface area contributed by atoms with Gasteiger partial charge in [-0.05, 0) is 35.7 Å². The van der Waals surface area contributed by atoms with E-state index < -0.39 is 0 Å². The molecule has 4 rings (SSSR count). The normalized spacial score (nSPS) is 17.5. The van der Waals surface area contributed by atoms with Crippen molar-refractivity contribution in [3.8, 4) is 11.5 Å². The third-order valence-corrected chi connectivity index (χ3v) is 4.81. The second-order valence-corrected chi connectivity index (χ2v) is 6.57. The van der Waals surface area contributed by atoms with Crippen molar-refractivity contribution < 1.29 is 19.0 Å².